The van der Waals surface area contributed by atoms with Crippen LogP contribution in [0.15, 0.2) is 29.2 Å². The molecule has 94 valence electrons. The smallest absolute Gasteiger partial charge is 0.319 e. The first-order valence-corrected chi connectivity index (χ1v) is 6.86. The molecule has 0 fully saturated rings. The fraction of sp³-hybridized carbons (Fsp3) is 0.500. The molecule has 17 heavy (non-hydrogen) atoms. The molecule has 0 heterocycles. The van der Waals surface area contributed by atoms with Crippen LogP contribution in [0.25, 0.3) is 0 Å². The Balaban J connectivity index is 2.68. The third kappa shape index (κ3) is 4.82. The zero-order valence-corrected chi connectivity index (χ0v) is 11.5. The van der Waals surface area contributed by atoms with Gasteiger partial charge in [0.1, 0.15) is 5.25 Å². The minimum absolute atomic E-state index is 0.0817. The predicted octanol–water partition coefficient (Wildman–Crippen LogP) is 3.82. The molecule has 0 spiro atoms. The van der Waals surface area contributed by atoms with Gasteiger partial charge in [-0.1, -0.05) is 37.5 Å². The minimum Gasteiger partial charge on any atom is -0.468 e. The molecule has 0 aliphatic heterocycles. The second-order valence-corrected chi connectivity index (χ2v) is 5.36. The van der Waals surface area contributed by atoms with E-state index in [0.717, 1.165) is 24.2 Å². The van der Waals surface area contributed by atoms with Gasteiger partial charge in [-0.15, -0.1) is 11.8 Å². The average molecular weight is 252 g/mol. The molecule has 3 heteroatoms. The Bertz CT molecular complexity index is 363. The van der Waals surface area contributed by atoms with E-state index in [4.69, 9.17) is 4.74 Å². The normalized spacial score (nSPS) is 12.2. The maximum atomic E-state index is 11.7. The van der Waals surface area contributed by atoms with Crippen molar-refractivity contribution in [3.63, 3.8) is 0 Å². The molecular formula is C14H20O2S. The van der Waals surface area contributed by atoms with Gasteiger partial charge in [0, 0.05) is 4.90 Å². The number of benzene rings is 1. The van der Waals surface area contributed by atoms with E-state index in [0.29, 0.717) is 0 Å². The van der Waals surface area contributed by atoms with Crippen molar-refractivity contribution in [3.8, 4) is 0 Å². The zero-order valence-electron chi connectivity index (χ0n) is 10.7. The Hall–Kier alpha value is -0.960. The van der Waals surface area contributed by atoms with Crippen LogP contribution in [-0.2, 0) is 9.53 Å². The van der Waals surface area contributed by atoms with Crippen molar-refractivity contribution in [1.82, 2.24) is 0 Å². The van der Waals surface area contributed by atoms with E-state index in [-0.39, 0.29) is 11.2 Å². The van der Waals surface area contributed by atoms with Gasteiger partial charge in [0.25, 0.3) is 0 Å². The van der Waals surface area contributed by atoms with Crippen LogP contribution in [0.2, 0.25) is 0 Å². The first kappa shape index (κ1) is 14.1. The summed E-state index contributed by atoms with van der Waals surface area (Å²) >= 11 is 1.60. The number of carbonyl (C=O) groups excluding carboxylic acids is 1. The van der Waals surface area contributed by atoms with Crippen molar-refractivity contribution in [1.29, 1.82) is 0 Å². The molecular weight excluding hydrogens is 232 g/mol. The number of methoxy groups -OCH3 is 1. The average Bonchev–Trinajstić information content (AvgIpc) is 2.33. The van der Waals surface area contributed by atoms with Gasteiger partial charge in [-0.25, -0.2) is 0 Å². The number of esters is 1. The summed E-state index contributed by atoms with van der Waals surface area (Å²) in [6.45, 7) is 4.19. The maximum Gasteiger partial charge on any atom is 0.319 e. The van der Waals surface area contributed by atoms with Gasteiger partial charge >= 0.3 is 5.97 Å². The van der Waals surface area contributed by atoms with Crippen LogP contribution in [0.3, 0.4) is 0 Å². The van der Waals surface area contributed by atoms with Gasteiger partial charge in [0.05, 0.1) is 7.11 Å². The van der Waals surface area contributed by atoms with Gasteiger partial charge in [-0.05, 0) is 25.5 Å². The zero-order chi connectivity index (χ0) is 12.7. The number of carbonyl (C=O) groups is 1. The van der Waals surface area contributed by atoms with Crippen molar-refractivity contribution in [2.75, 3.05) is 7.11 Å². The lowest BCUT2D eigenvalue weighted by Gasteiger charge is -2.14. The highest BCUT2D eigenvalue weighted by molar-refractivity contribution is 8.00. The van der Waals surface area contributed by atoms with Crippen molar-refractivity contribution in [2.24, 2.45) is 0 Å². The van der Waals surface area contributed by atoms with Crippen LogP contribution in [0.5, 0.6) is 0 Å². The number of hydrogen-bond acceptors (Lipinski definition) is 3. The van der Waals surface area contributed by atoms with Crippen LogP contribution in [0.4, 0.5) is 0 Å². The summed E-state index contributed by atoms with van der Waals surface area (Å²) in [5.41, 5.74) is 1.22. The molecule has 1 atom stereocenters. The predicted molar refractivity (Wildman–Crippen MR) is 72.4 cm³/mol. The van der Waals surface area contributed by atoms with Crippen molar-refractivity contribution in [2.45, 2.75) is 43.3 Å². The maximum absolute atomic E-state index is 11.7. The van der Waals surface area contributed by atoms with E-state index < -0.39 is 0 Å². The SMILES string of the molecule is CCCCC(Sc1cccc(C)c1)C(=O)OC. The lowest BCUT2D eigenvalue weighted by atomic mass is 10.2. The summed E-state index contributed by atoms with van der Waals surface area (Å²) < 4.78 is 4.85. The molecule has 0 bridgehead atoms. The van der Waals surface area contributed by atoms with Gasteiger partial charge in [-0.2, -0.15) is 0 Å². The Labute approximate surface area is 108 Å². The van der Waals surface area contributed by atoms with Gasteiger partial charge in [0.2, 0.25) is 0 Å². The van der Waals surface area contributed by atoms with E-state index in [1.165, 1.54) is 12.7 Å². The van der Waals surface area contributed by atoms with Crippen LogP contribution >= 0.6 is 11.8 Å². The Kier molecular flexibility index (Phi) is 6.12. The molecule has 1 unspecified atom stereocenters. The molecule has 0 radical (unpaired) electrons. The van der Waals surface area contributed by atoms with E-state index in [1.807, 2.05) is 12.1 Å². The Morgan fingerprint density at radius 2 is 2.24 bits per heavy atom. The van der Waals surface area contributed by atoms with Gasteiger partial charge in [0.15, 0.2) is 0 Å². The van der Waals surface area contributed by atoms with E-state index >= 15 is 0 Å². The van der Waals surface area contributed by atoms with E-state index in [1.54, 1.807) is 11.8 Å². The highest BCUT2D eigenvalue weighted by Gasteiger charge is 2.19. The standard InChI is InChI=1S/C14H20O2S/c1-4-5-9-13(14(15)16-3)17-12-8-6-7-11(2)10-12/h6-8,10,13H,4-5,9H2,1-3H3. The van der Waals surface area contributed by atoms with E-state index in [9.17, 15) is 4.79 Å². The molecule has 1 aromatic carbocycles. The first-order valence-electron chi connectivity index (χ1n) is 5.98. The minimum atomic E-state index is -0.120. The second kappa shape index (κ2) is 7.38. The number of thioether (sulfide) groups is 1. The third-order valence-corrected chi connectivity index (χ3v) is 3.79. The molecule has 0 aliphatic carbocycles. The summed E-state index contributed by atoms with van der Waals surface area (Å²) in [5.74, 6) is -0.120. The summed E-state index contributed by atoms with van der Waals surface area (Å²) in [6.07, 6.45) is 3.03. The Morgan fingerprint density at radius 1 is 1.47 bits per heavy atom. The Morgan fingerprint density at radius 3 is 2.82 bits per heavy atom. The highest BCUT2D eigenvalue weighted by Crippen LogP contribution is 2.28. The molecule has 1 rings (SSSR count). The monoisotopic (exact) mass is 252 g/mol. The molecule has 1 aromatic rings. The summed E-state index contributed by atoms with van der Waals surface area (Å²) in [7, 11) is 1.46. The number of aryl methyl sites for hydroxylation is 1. The molecule has 0 saturated heterocycles. The second-order valence-electron chi connectivity index (χ2n) is 4.09. The third-order valence-electron chi connectivity index (χ3n) is 2.55. The van der Waals surface area contributed by atoms with Crippen molar-refractivity contribution < 1.29 is 9.53 Å². The summed E-state index contributed by atoms with van der Waals surface area (Å²) in [5, 5.41) is -0.0817. The number of ether oxygens (including phenoxy) is 1. The molecule has 0 aromatic heterocycles. The molecule has 0 amide bonds. The quantitative estimate of drug-likeness (QED) is 0.568. The molecule has 0 aliphatic rings. The largest absolute Gasteiger partial charge is 0.468 e. The van der Waals surface area contributed by atoms with E-state index in [2.05, 4.69) is 26.0 Å². The van der Waals surface area contributed by atoms with Gasteiger partial charge in [-0.3, -0.25) is 4.79 Å². The molecule has 0 N–H and O–H groups in total. The summed E-state index contributed by atoms with van der Waals surface area (Å²) in [6, 6.07) is 8.22. The first-order chi connectivity index (χ1) is 8.17. The van der Waals surface area contributed by atoms with Gasteiger partial charge < -0.3 is 4.74 Å². The van der Waals surface area contributed by atoms with Crippen LogP contribution in [-0.4, -0.2) is 18.3 Å². The van der Waals surface area contributed by atoms with Crippen LogP contribution < -0.4 is 0 Å². The molecule has 2 nitrogen and oxygen atoms in total. The number of hydrogen-bond donors (Lipinski definition) is 0. The van der Waals surface area contributed by atoms with Crippen molar-refractivity contribution >= 4 is 17.7 Å². The fourth-order valence-electron chi connectivity index (χ4n) is 1.60. The topological polar surface area (TPSA) is 26.3 Å². The lowest BCUT2D eigenvalue weighted by Crippen LogP contribution is -2.18. The summed E-state index contributed by atoms with van der Waals surface area (Å²) in [4.78, 5) is 12.8. The number of unbranched alkanes of at least 4 members (excludes halogenated alkanes) is 1. The van der Waals surface area contributed by atoms with Crippen LogP contribution in [0, 0.1) is 6.92 Å². The fourth-order valence-corrected chi connectivity index (χ4v) is 2.82. The van der Waals surface area contributed by atoms with Crippen LogP contribution in [0.1, 0.15) is 31.7 Å². The molecule has 0 saturated carbocycles. The highest BCUT2D eigenvalue weighted by atomic mass is 32.2. The lowest BCUT2D eigenvalue weighted by molar-refractivity contribution is -0.140. The number of rotatable bonds is 6. The van der Waals surface area contributed by atoms with Crippen molar-refractivity contribution in [3.05, 3.63) is 29.8 Å².